The van der Waals surface area contributed by atoms with Gasteiger partial charge in [0.1, 0.15) is 13.2 Å². The van der Waals surface area contributed by atoms with Crippen LogP contribution >= 0.6 is 27.7 Å². The van der Waals surface area contributed by atoms with Crippen molar-refractivity contribution in [3.63, 3.8) is 0 Å². The minimum atomic E-state index is 0.155. The number of alkyl halides is 1. The summed E-state index contributed by atoms with van der Waals surface area (Å²) in [7, 11) is 0. The SMILES string of the molecule is CSc1ccccc1C(Br)c1ccc2c(c1)OCCO2. The molecule has 1 heterocycles. The average Bonchev–Trinajstić information content (AvgIpc) is 2.53. The normalized spacial score (nSPS) is 14.9. The molecule has 3 rings (SSSR count). The summed E-state index contributed by atoms with van der Waals surface area (Å²) in [5, 5.41) is 0. The summed E-state index contributed by atoms with van der Waals surface area (Å²) in [4.78, 5) is 1.44. The van der Waals surface area contributed by atoms with Crippen LogP contribution in [0.4, 0.5) is 0 Å². The zero-order chi connectivity index (χ0) is 13.9. The number of rotatable bonds is 3. The van der Waals surface area contributed by atoms with E-state index in [1.807, 2.05) is 6.07 Å². The second kappa shape index (κ2) is 6.10. The quantitative estimate of drug-likeness (QED) is 0.592. The fourth-order valence-electron chi connectivity index (χ4n) is 2.27. The standard InChI is InChI=1S/C16H15BrO2S/c1-20-15-5-3-2-4-12(15)16(17)11-6-7-13-14(10-11)19-9-8-18-13/h2-7,10,16H,8-9H2,1H3. The van der Waals surface area contributed by atoms with Crippen molar-refractivity contribution in [1.82, 2.24) is 0 Å². The van der Waals surface area contributed by atoms with Gasteiger partial charge in [0.25, 0.3) is 0 Å². The zero-order valence-corrected chi connectivity index (χ0v) is 13.5. The molecule has 0 radical (unpaired) electrons. The third-order valence-corrected chi connectivity index (χ3v) is 5.10. The van der Waals surface area contributed by atoms with Crippen molar-refractivity contribution >= 4 is 27.7 Å². The largest absolute Gasteiger partial charge is 0.486 e. The van der Waals surface area contributed by atoms with Gasteiger partial charge in [0.2, 0.25) is 0 Å². The first kappa shape index (κ1) is 13.8. The Labute approximate surface area is 131 Å². The van der Waals surface area contributed by atoms with Crippen LogP contribution in [-0.2, 0) is 0 Å². The van der Waals surface area contributed by atoms with E-state index >= 15 is 0 Å². The van der Waals surface area contributed by atoms with Crippen molar-refractivity contribution in [3.05, 3.63) is 53.6 Å². The highest BCUT2D eigenvalue weighted by Crippen LogP contribution is 2.40. The molecule has 20 heavy (non-hydrogen) atoms. The summed E-state index contributed by atoms with van der Waals surface area (Å²) in [6.07, 6.45) is 2.10. The highest BCUT2D eigenvalue weighted by Gasteiger charge is 2.18. The van der Waals surface area contributed by atoms with Gasteiger partial charge in [0.05, 0.1) is 4.83 Å². The topological polar surface area (TPSA) is 18.5 Å². The number of benzene rings is 2. The second-order valence-corrected chi connectivity index (χ2v) is 6.27. The van der Waals surface area contributed by atoms with Gasteiger partial charge < -0.3 is 9.47 Å². The van der Waals surface area contributed by atoms with E-state index in [1.165, 1.54) is 16.0 Å². The van der Waals surface area contributed by atoms with Crippen molar-refractivity contribution in [1.29, 1.82) is 0 Å². The Balaban J connectivity index is 1.96. The Morgan fingerprint density at radius 1 is 1.05 bits per heavy atom. The van der Waals surface area contributed by atoms with Crippen LogP contribution in [0.5, 0.6) is 11.5 Å². The maximum atomic E-state index is 5.66. The Hall–Kier alpha value is -1.13. The van der Waals surface area contributed by atoms with Crippen LogP contribution in [-0.4, -0.2) is 19.5 Å². The lowest BCUT2D eigenvalue weighted by Gasteiger charge is -2.21. The van der Waals surface area contributed by atoms with Crippen molar-refractivity contribution in [2.75, 3.05) is 19.5 Å². The van der Waals surface area contributed by atoms with Crippen molar-refractivity contribution in [2.45, 2.75) is 9.72 Å². The van der Waals surface area contributed by atoms with E-state index in [4.69, 9.17) is 9.47 Å². The average molecular weight is 351 g/mol. The van der Waals surface area contributed by atoms with E-state index < -0.39 is 0 Å². The van der Waals surface area contributed by atoms with E-state index in [0.717, 1.165) is 11.5 Å². The van der Waals surface area contributed by atoms with Crippen LogP contribution in [0, 0.1) is 0 Å². The third-order valence-electron chi connectivity index (χ3n) is 3.27. The molecule has 2 aromatic rings. The number of ether oxygens (including phenoxy) is 2. The first-order valence-corrected chi connectivity index (χ1v) is 8.60. The molecule has 0 fully saturated rings. The molecule has 0 bridgehead atoms. The fourth-order valence-corrected chi connectivity index (χ4v) is 3.74. The molecule has 0 aromatic heterocycles. The number of fused-ring (bicyclic) bond motifs is 1. The van der Waals surface area contributed by atoms with Gasteiger partial charge in [0, 0.05) is 4.90 Å². The van der Waals surface area contributed by atoms with Gasteiger partial charge in [-0.2, -0.15) is 0 Å². The van der Waals surface area contributed by atoms with Crippen LogP contribution < -0.4 is 9.47 Å². The Morgan fingerprint density at radius 2 is 1.80 bits per heavy atom. The third kappa shape index (κ3) is 2.67. The highest BCUT2D eigenvalue weighted by atomic mass is 79.9. The van der Waals surface area contributed by atoms with Crippen LogP contribution in [0.25, 0.3) is 0 Å². The zero-order valence-electron chi connectivity index (χ0n) is 11.1. The summed E-state index contributed by atoms with van der Waals surface area (Å²) < 4.78 is 11.2. The summed E-state index contributed by atoms with van der Waals surface area (Å²) in [5.41, 5.74) is 2.45. The smallest absolute Gasteiger partial charge is 0.161 e. The van der Waals surface area contributed by atoms with Gasteiger partial charge >= 0.3 is 0 Å². The number of halogens is 1. The summed E-state index contributed by atoms with van der Waals surface area (Å²) >= 11 is 5.57. The molecule has 104 valence electrons. The van der Waals surface area contributed by atoms with Crippen LogP contribution in [0.3, 0.4) is 0 Å². The molecule has 1 unspecified atom stereocenters. The molecule has 0 saturated heterocycles. The van der Waals surface area contributed by atoms with Gasteiger partial charge in [-0.05, 0) is 35.6 Å². The molecular formula is C16H15BrO2S. The first-order valence-electron chi connectivity index (χ1n) is 6.46. The van der Waals surface area contributed by atoms with Gasteiger partial charge in [0.15, 0.2) is 11.5 Å². The molecule has 2 aromatic carbocycles. The summed E-state index contributed by atoms with van der Waals surface area (Å²) in [6.45, 7) is 1.24. The number of hydrogen-bond acceptors (Lipinski definition) is 3. The maximum Gasteiger partial charge on any atom is 0.161 e. The van der Waals surface area contributed by atoms with E-state index in [9.17, 15) is 0 Å². The minimum absolute atomic E-state index is 0.155. The van der Waals surface area contributed by atoms with E-state index in [-0.39, 0.29) is 4.83 Å². The predicted molar refractivity (Wildman–Crippen MR) is 86.4 cm³/mol. The van der Waals surface area contributed by atoms with Crippen LogP contribution in [0.1, 0.15) is 16.0 Å². The molecule has 4 heteroatoms. The lowest BCUT2D eigenvalue weighted by atomic mass is 10.0. The molecule has 0 amide bonds. The predicted octanol–water partition coefficient (Wildman–Crippen LogP) is 4.66. The van der Waals surface area contributed by atoms with Gasteiger partial charge in [-0.25, -0.2) is 0 Å². The molecule has 1 atom stereocenters. The first-order chi connectivity index (χ1) is 9.79. The molecule has 2 nitrogen and oxygen atoms in total. The lowest BCUT2D eigenvalue weighted by Crippen LogP contribution is -2.15. The molecular weight excluding hydrogens is 336 g/mol. The van der Waals surface area contributed by atoms with Crippen molar-refractivity contribution < 1.29 is 9.47 Å². The molecule has 0 aliphatic carbocycles. The van der Waals surface area contributed by atoms with E-state index in [1.54, 1.807) is 11.8 Å². The Bertz CT molecular complexity index is 615. The summed E-state index contributed by atoms with van der Waals surface area (Å²) in [5.74, 6) is 1.66. The van der Waals surface area contributed by atoms with Crippen LogP contribution in [0.15, 0.2) is 47.4 Å². The molecule has 0 saturated carbocycles. The Kier molecular flexibility index (Phi) is 4.22. The van der Waals surface area contributed by atoms with Crippen LogP contribution in [0.2, 0.25) is 0 Å². The number of hydrogen-bond donors (Lipinski definition) is 0. The lowest BCUT2D eigenvalue weighted by molar-refractivity contribution is 0.171. The molecule has 0 spiro atoms. The highest BCUT2D eigenvalue weighted by molar-refractivity contribution is 9.09. The van der Waals surface area contributed by atoms with Gasteiger partial charge in [-0.3, -0.25) is 0 Å². The summed E-state index contributed by atoms with van der Waals surface area (Å²) in [6, 6.07) is 14.6. The molecule has 1 aliphatic rings. The molecule has 0 N–H and O–H groups in total. The monoisotopic (exact) mass is 350 g/mol. The second-order valence-electron chi connectivity index (χ2n) is 4.51. The Morgan fingerprint density at radius 3 is 2.60 bits per heavy atom. The minimum Gasteiger partial charge on any atom is -0.486 e. The fraction of sp³-hybridized carbons (Fsp3) is 0.250. The molecule has 1 aliphatic heterocycles. The van der Waals surface area contributed by atoms with Gasteiger partial charge in [-0.15, -0.1) is 11.8 Å². The number of thioether (sulfide) groups is 1. The van der Waals surface area contributed by atoms with Gasteiger partial charge in [-0.1, -0.05) is 40.2 Å². The maximum absolute atomic E-state index is 5.66. The van der Waals surface area contributed by atoms with E-state index in [2.05, 4.69) is 58.6 Å². The van der Waals surface area contributed by atoms with E-state index in [0.29, 0.717) is 13.2 Å². The van der Waals surface area contributed by atoms with Crippen molar-refractivity contribution in [2.24, 2.45) is 0 Å². The van der Waals surface area contributed by atoms with Crippen molar-refractivity contribution in [3.8, 4) is 11.5 Å².